The Labute approximate surface area is 266 Å². The molecule has 12 nitrogen and oxygen atoms in total. The Morgan fingerprint density at radius 3 is 2.23 bits per heavy atom. The number of aryl methyl sites for hydroxylation is 1. The Balaban J connectivity index is 0.000000499. The number of carbonyl (C=O) groups is 3. The van der Waals surface area contributed by atoms with Crippen LogP contribution in [0.5, 0.6) is 0 Å². The molecule has 5 heterocycles. The van der Waals surface area contributed by atoms with Crippen molar-refractivity contribution < 1.29 is 41.4 Å². The second kappa shape index (κ2) is 12.1. The van der Waals surface area contributed by atoms with E-state index in [1.54, 1.807) is 11.6 Å². The molecule has 2 atom stereocenters. The molecule has 1 aromatic heterocycles. The van der Waals surface area contributed by atoms with Crippen LogP contribution in [-0.4, -0.2) is 118 Å². The van der Waals surface area contributed by atoms with Crippen LogP contribution >= 0.6 is 0 Å². The largest absolute Gasteiger partial charge is 0.490 e. The Bertz CT molecular complexity index is 1600. The molecule has 1 saturated carbocycles. The van der Waals surface area contributed by atoms with Crippen LogP contribution < -0.4 is 21.2 Å². The maximum absolute atomic E-state index is 14.3. The molecule has 1 spiro atoms. The smallest absolute Gasteiger partial charge is 0.475 e. The van der Waals surface area contributed by atoms with Gasteiger partial charge in [0.1, 0.15) is 6.04 Å². The van der Waals surface area contributed by atoms with E-state index in [1.807, 2.05) is 23.1 Å². The number of likely N-dealkylation sites (tertiary alicyclic amines) is 1. The second-order valence-corrected chi connectivity index (χ2v) is 13.4. The third-order valence-corrected chi connectivity index (χ3v) is 10.3. The molecule has 2 aromatic rings. The molecule has 1 aromatic carbocycles. The highest BCUT2D eigenvalue weighted by atomic mass is 19.4. The molecule has 4 saturated heterocycles. The first-order chi connectivity index (χ1) is 22.1. The fraction of sp³-hybridized carbons (Fsp3) is 0.667. The van der Waals surface area contributed by atoms with Crippen LogP contribution in [0, 0.1) is 5.41 Å². The summed E-state index contributed by atoms with van der Waals surface area (Å²) in [4.78, 5) is 52.9. The SMILES string of the molecule is Cn1c(=O)n(C2CCC(=O)NC2=O)c2ccc(N3CCN(C4CC5(C4)CN(C4CCNCC4(F)F)C5)CC3)cc21.O=C(O)C(F)(F)F. The zero-order valence-corrected chi connectivity index (χ0v) is 25.9. The van der Waals surface area contributed by atoms with Crippen LogP contribution in [-0.2, 0) is 21.4 Å². The lowest BCUT2D eigenvalue weighted by molar-refractivity contribution is -0.192. The van der Waals surface area contributed by atoms with Gasteiger partial charge in [-0.1, -0.05) is 0 Å². The number of fused-ring (bicyclic) bond motifs is 1. The van der Waals surface area contributed by atoms with Gasteiger partial charge < -0.3 is 15.3 Å². The van der Waals surface area contributed by atoms with Gasteiger partial charge in [-0.2, -0.15) is 13.2 Å². The quantitative estimate of drug-likeness (QED) is 0.327. The highest BCUT2D eigenvalue weighted by molar-refractivity contribution is 6.00. The molecular weight excluding hydrogens is 633 g/mol. The number of anilines is 1. The second-order valence-electron chi connectivity index (χ2n) is 13.4. The molecule has 2 amide bonds. The van der Waals surface area contributed by atoms with E-state index in [4.69, 9.17) is 9.90 Å². The van der Waals surface area contributed by atoms with Gasteiger partial charge in [-0.05, 0) is 55.8 Å². The number of imide groups is 1. The van der Waals surface area contributed by atoms with Gasteiger partial charge in [0.25, 0.3) is 5.92 Å². The number of benzene rings is 1. The molecule has 17 heteroatoms. The van der Waals surface area contributed by atoms with Crippen molar-refractivity contribution in [2.45, 2.75) is 62.3 Å². The maximum Gasteiger partial charge on any atom is 0.490 e. The number of imidazole rings is 1. The first-order valence-electron chi connectivity index (χ1n) is 15.7. The van der Waals surface area contributed by atoms with Crippen LogP contribution in [0.3, 0.4) is 0 Å². The summed E-state index contributed by atoms with van der Waals surface area (Å²) in [6.07, 6.45) is -1.82. The average Bonchev–Trinajstić information content (AvgIpc) is 3.21. The van der Waals surface area contributed by atoms with Gasteiger partial charge in [0, 0.05) is 64.5 Å². The molecule has 4 aliphatic heterocycles. The third kappa shape index (κ3) is 6.36. The Hall–Kier alpha value is -3.57. The first kappa shape index (κ1) is 33.3. The normalized spacial score (nSPS) is 26.7. The molecular formula is C30H38F5N7O5. The van der Waals surface area contributed by atoms with Gasteiger partial charge in [0.05, 0.1) is 23.6 Å². The number of carboxylic acid groups (broad SMARTS) is 1. The summed E-state index contributed by atoms with van der Waals surface area (Å²) < 4.78 is 63.5. The first-order valence-corrected chi connectivity index (χ1v) is 15.7. The van der Waals surface area contributed by atoms with Crippen molar-refractivity contribution >= 4 is 34.5 Å². The summed E-state index contributed by atoms with van der Waals surface area (Å²) in [5.74, 6) is -6.12. The lowest BCUT2D eigenvalue weighted by Gasteiger charge is -2.64. The van der Waals surface area contributed by atoms with Crippen LogP contribution in [0.25, 0.3) is 11.0 Å². The average molecular weight is 672 g/mol. The number of rotatable bonds is 4. The molecule has 0 bridgehead atoms. The predicted octanol–water partition coefficient (Wildman–Crippen LogP) is 1.53. The summed E-state index contributed by atoms with van der Waals surface area (Å²) in [7, 11) is 1.72. The topological polar surface area (TPSA) is 132 Å². The number of piperidine rings is 2. The molecule has 5 fully saturated rings. The van der Waals surface area contributed by atoms with E-state index in [0.29, 0.717) is 30.9 Å². The minimum atomic E-state index is -5.08. The zero-order valence-electron chi connectivity index (χ0n) is 25.9. The van der Waals surface area contributed by atoms with Crippen molar-refractivity contribution in [2.24, 2.45) is 12.5 Å². The number of carboxylic acids is 1. The van der Waals surface area contributed by atoms with E-state index in [9.17, 15) is 36.3 Å². The van der Waals surface area contributed by atoms with Crippen molar-refractivity contribution in [3.05, 3.63) is 28.7 Å². The van der Waals surface area contributed by atoms with Gasteiger partial charge in [-0.15, -0.1) is 0 Å². The molecule has 5 aliphatic rings. The van der Waals surface area contributed by atoms with E-state index in [2.05, 4.69) is 20.4 Å². The molecule has 2 unspecified atom stereocenters. The number of piperazine rings is 1. The highest BCUT2D eigenvalue weighted by Crippen LogP contribution is 2.52. The van der Waals surface area contributed by atoms with Gasteiger partial charge in [0.15, 0.2) is 0 Å². The number of nitrogens with one attached hydrogen (secondary N) is 2. The van der Waals surface area contributed by atoms with Gasteiger partial charge in [0.2, 0.25) is 11.8 Å². The number of aliphatic carboxylic acids is 1. The maximum atomic E-state index is 14.3. The van der Waals surface area contributed by atoms with Crippen molar-refractivity contribution in [3.63, 3.8) is 0 Å². The number of alkyl halides is 5. The number of aromatic nitrogens is 2. The molecule has 258 valence electrons. The molecule has 0 radical (unpaired) electrons. The van der Waals surface area contributed by atoms with Gasteiger partial charge in [-0.25, -0.2) is 18.4 Å². The van der Waals surface area contributed by atoms with Crippen LogP contribution in [0.4, 0.5) is 27.6 Å². The fourth-order valence-corrected chi connectivity index (χ4v) is 7.89. The molecule has 1 aliphatic carbocycles. The number of amides is 2. The zero-order chi connectivity index (χ0) is 33.9. The number of hydrogen-bond acceptors (Lipinski definition) is 8. The monoisotopic (exact) mass is 671 g/mol. The number of carbonyl (C=O) groups excluding carboxylic acids is 2. The molecule has 47 heavy (non-hydrogen) atoms. The highest BCUT2D eigenvalue weighted by Gasteiger charge is 2.58. The van der Waals surface area contributed by atoms with E-state index in [1.165, 1.54) is 4.57 Å². The van der Waals surface area contributed by atoms with E-state index >= 15 is 0 Å². The standard InChI is InChI=1S/C28H37F2N7O3.C2HF3O2/c1-33-22-12-18(2-3-20(22)37(26(33)40)21-4-5-24(38)32-25(21)39)34-8-10-35(11-9-34)19-13-27(14-19)16-36(17-27)23-6-7-31-15-28(23,29)30;3-2(4,5)1(6)7/h2-3,12,19,21,23,31H,4-11,13-17H2,1H3,(H,32,38,39);(H,6,7). The Morgan fingerprint density at radius 1 is 0.979 bits per heavy atom. The summed E-state index contributed by atoms with van der Waals surface area (Å²) >= 11 is 0. The summed E-state index contributed by atoms with van der Waals surface area (Å²) in [5.41, 5.74) is 2.48. The Kier molecular flexibility index (Phi) is 8.62. The third-order valence-electron chi connectivity index (χ3n) is 10.3. The van der Waals surface area contributed by atoms with Gasteiger partial charge in [-0.3, -0.25) is 33.8 Å². The van der Waals surface area contributed by atoms with Crippen molar-refractivity contribution in [3.8, 4) is 0 Å². The lowest BCUT2D eigenvalue weighted by atomic mass is 9.59. The van der Waals surface area contributed by atoms with Crippen LogP contribution in [0.2, 0.25) is 0 Å². The Morgan fingerprint density at radius 2 is 1.64 bits per heavy atom. The van der Waals surface area contributed by atoms with Crippen LogP contribution in [0.1, 0.15) is 38.1 Å². The molecule has 7 rings (SSSR count). The number of nitrogens with zero attached hydrogens (tertiary/aromatic N) is 5. The minimum absolute atomic E-state index is 0.205. The number of hydrogen-bond donors (Lipinski definition) is 3. The minimum Gasteiger partial charge on any atom is -0.475 e. The van der Waals surface area contributed by atoms with Gasteiger partial charge >= 0.3 is 17.8 Å². The number of halogens is 5. The summed E-state index contributed by atoms with van der Waals surface area (Å²) in [5, 5.41) is 12.3. The van der Waals surface area contributed by atoms with Crippen molar-refractivity contribution in [2.75, 3.05) is 57.3 Å². The lowest BCUT2D eigenvalue weighted by Crippen LogP contribution is -2.72. The van der Waals surface area contributed by atoms with Crippen molar-refractivity contribution in [1.82, 2.24) is 29.6 Å². The van der Waals surface area contributed by atoms with E-state index < -0.39 is 36.1 Å². The summed E-state index contributed by atoms with van der Waals surface area (Å²) in [6.45, 7) is 5.74. The molecule has 3 N–H and O–H groups in total. The predicted molar refractivity (Wildman–Crippen MR) is 159 cm³/mol. The van der Waals surface area contributed by atoms with Crippen LogP contribution in [0.15, 0.2) is 23.0 Å². The van der Waals surface area contributed by atoms with Crippen molar-refractivity contribution in [1.29, 1.82) is 0 Å². The van der Waals surface area contributed by atoms with E-state index in [-0.39, 0.29) is 30.0 Å². The fourth-order valence-electron chi connectivity index (χ4n) is 7.89. The summed E-state index contributed by atoms with van der Waals surface area (Å²) in [6, 6.07) is 5.17. The van der Waals surface area contributed by atoms with E-state index in [0.717, 1.165) is 63.3 Å².